The highest BCUT2D eigenvalue weighted by Crippen LogP contribution is 2.49. The lowest BCUT2D eigenvalue weighted by molar-refractivity contribution is -0.118. The van der Waals surface area contributed by atoms with Gasteiger partial charge < -0.3 is 9.47 Å². The van der Waals surface area contributed by atoms with Crippen LogP contribution in [0.2, 0.25) is 0 Å². The number of halogens is 1. The zero-order chi connectivity index (χ0) is 19.7. The van der Waals surface area contributed by atoms with Gasteiger partial charge in [0.1, 0.15) is 11.5 Å². The molecule has 0 saturated heterocycles. The van der Waals surface area contributed by atoms with E-state index in [1.54, 1.807) is 20.3 Å². The quantitative estimate of drug-likeness (QED) is 0.603. The Hall–Kier alpha value is -2.87. The predicted molar refractivity (Wildman–Crippen MR) is 109 cm³/mol. The van der Waals surface area contributed by atoms with Gasteiger partial charge in [0.15, 0.2) is 5.82 Å². The third kappa shape index (κ3) is 3.35. The summed E-state index contributed by atoms with van der Waals surface area (Å²) in [5, 5.41) is 9.83. The molecule has 0 spiro atoms. The largest absolute Gasteiger partial charge is 0.497 e. The first-order valence-electron chi connectivity index (χ1n) is 8.78. The van der Waals surface area contributed by atoms with Crippen molar-refractivity contribution in [1.29, 1.82) is 0 Å². The van der Waals surface area contributed by atoms with Crippen LogP contribution in [0, 0.1) is 0 Å². The highest BCUT2D eigenvalue weighted by molar-refractivity contribution is 9.10. The monoisotopic (exact) mass is 442 g/mol. The van der Waals surface area contributed by atoms with E-state index in [4.69, 9.17) is 9.47 Å². The summed E-state index contributed by atoms with van der Waals surface area (Å²) in [6.45, 7) is 0. The van der Waals surface area contributed by atoms with E-state index >= 15 is 0 Å². The lowest BCUT2D eigenvalue weighted by Gasteiger charge is -2.14. The fraction of sp³-hybridized carbons (Fsp3) is 0.250. The number of nitrogens with one attached hydrogen (secondary N) is 2. The number of amides is 1. The first-order valence-corrected chi connectivity index (χ1v) is 9.57. The number of H-pyrrole nitrogens is 1. The minimum Gasteiger partial charge on any atom is -0.497 e. The van der Waals surface area contributed by atoms with Crippen LogP contribution in [0.1, 0.15) is 18.4 Å². The molecule has 1 aliphatic rings. The third-order valence-electron chi connectivity index (χ3n) is 4.96. The topological polar surface area (TPSA) is 89.1 Å². The summed E-state index contributed by atoms with van der Waals surface area (Å²) in [5.41, 5.74) is 1.23. The average molecular weight is 443 g/mol. The minimum absolute atomic E-state index is 0.0953. The van der Waals surface area contributed by atoms with E-state index in [1.807, 2.05) is 36.4 Å². The van der Waals surface area contributed by atoms with Crippen molar-refractivity contribution in [2.75, 3.05) is 19.5 Å². The van der Waals surface area contributed by atoms with Gasteiger partial charge in [0.25, 0.3) is 0 Å². The molecule has 1 saturated carbocycles. The number of hydrogen-bond acceptors (Lipinski definition) is 5. The maximum Gasteiger partial charge on any atom is 0.249 e. The highest BCUT2D eigenvalue weighted by Gasteiger charge is 2.51. The van der Waals surface area contributed by atoms with E-state index in [9.17, 15) is 4.79 Å². The lowest BCUT2D eigenvalue weighted by atomic mass is 9.95. The standard InChI is InChI=1S/C20H19BrN4O3/c1-27-14-7-8-15(16(11-14)28-2)17-22-19(25-24-17)23-18(26)20(9-10-20)12-3-5-13(21)6-4-12/h3-8,11H,9-10H2,1-2H3,(H2,22,23,24,25,26). The Kier molecular flexibility index (Phi) is 4.80. The average Bonchev–Trinajstić information content (AvgIpc) is 3.41. The zero-order valence-electron chi connectivity index (χ0n) is 15.5. The maximum absolute atomic E-state index is 12.9. The first-order chi connectivity index (χ1) is 13.6. The number of nitrogens with zero attached hydrogens (tertiary/aromatic N) is 2. The molecule has 2 aromatic carbocycles. The smallest absolute Gasteiger partial charge is 0.249 e. The number of hydrogen-bond donors (Lipinski definition) is 2. The molecular formula is C20H19BrN4O3. The molecule has 8 heteroatoms. The summed E-state index contributed by atoms with van der Waals surface area (Å²) < 4.78 is 11.6. The Morgan fingerprint density at radius 1 is 1.14 bits per heavy atom. The Morgan fingerprint density at radius 3 is 2.54 bits per heavy atom. The van der Waals surface area contributed by atoms with Crippen LogP contribution in [0.3, 0.4) is 0 Å². The van der Waals surface area contributed by atoms with Gasteiger partial charge in [-0.1, -0.05) is 28.1 Å². The van der Waals surface area contributed by atoms with E-state index in [2.05, 4.69) is 36.4 Å². The highest BCUT2D eigenvalue weighted by atomic mass is 79.9. The lowest BCUT2D eigenvalue weighted by Crippen LogP contribution is -2.28. The van der Waals surface area contributed by atoms with Gasteiger partial charge >= 0.3 is 0 Å². The molecule has 1 fully saturated rings. The van der Waals surface area contributed by atoms with Crippen LogP contribution in [0.5, 0.6) is 11.5 Å². The molecular weight excluding hydrogens is 424 g/mol. The van der Waals surface area contributed by atoms with E-state index in [-0.39, 0.29) is 11.9 Å². The number of aromatic nitrogens is 3. The second kappa shape index (κ2) is 7.27. The van der Waals surface area contributed by atoms with Crippen LogP contribution < -0.4 is 14.8 Å². The Morgan fingerprint density at radius 2 is 1.89 bits per heavy atom. The second-order valence-corrected chi connectivity index (χ2v) is 7.53. The predicted octanol–water partition coefficient (Wildman–Crippen LogP) is 3.92. The first kappa shape index (κ1) is 18.5. The SMILES string of the molecule is COc1ccc(-c2nc(NC(=O)C3(c4ccc(Br)cc4)CC3)n[nH]2)c(OC)c1. The molecule has 1 aromatic heterocycles. The molecule has 144 valence electrons. The van der Waals surface area contributed by atoms with Crippen molar-refractivity contribution in [2.24, 2.45) is 0 Å². The molecule has 1 aliphatic carbocycles. The third-order valence-corrected chi connectivity index (χ3v) is 5.48. The number of rotatable bonds is 6. The molecule has 7 nitrogen and oxygen atoms in total. The number of benzene rings is 2. The molecule has 0 aliphatic heterocycles. The molecule has 4 rings (SSSR count). The Balaban J connectivity index is 1.54. The molecule has 0 atom stereocenters. The zero-order valence-corrected chi connectivity index (χ0v) is 17.0. The van der Waals surface area contributed by atoms with Crippen LogP contribution >= 0.6 is 15.9 Å². The summed E-state index contributed by atoms with van der Waals surface area (Å²) in [6, 6.07) is 13.2. The second-order valence-electron chi connectivity index (χ2n) is 6.62. The maximum atomic E-state index is 12.9. The fourth-order valence-corrected chi connectivity index (χ4v) is 3.46. The Bertz CT molecular complexity index is 1010. The van der Waals surface area contributed by atoms with Gasteiger partial charge in [-0.15, -0.1) is 5.10 Å². The molecule has 0 radical (unpaired) electrons. The van der Waals surface area contributed by atoms with Gasteiger partial charge in [0.05, 0.1) is 25.2 Å². The fourth-order valence-electron chi connectivity index (χ4n) is 3.19. The van der Waals surface area contributed by atoms with Gasteiger partial charge in [0.2, 0.25) is 11.9 Å². The van der Waals surface area contributed by atoms with Crippen LogP contribution in [-0.4, -0.2) is 35.3 Å². The van der Waals surface area contributed by atoms with Crippen molar-refractivity contribution in [3.05, 3.63) is 52.5 Å². The summed E-state index contributed by atoms with van der Waals surface area (Å²) in [6.07, 6.45) is 1.62. The van der Waals surface area contributed by atoms with Gasteiger partial charge in [0, 0.05) is 10.5 Å². The van der Waals surface area contributed by atoms with E-state index in [1.165, 1.54) is 0 Å². The molecule has 0 unspecified atom stereocenters. The van der Waals surface area contributed by atoms with E-state index < -0.39 is 5.41 Å². The molecule has 2 N–H and O–H groups in total. The molecule has 1 heterocycles. The molecule has 1 amide bonds. The number of anilines is 1. The van der Waals surface area contributed by atoms with Crippen LogP contribution in [0.4, 0.5) is 5.95 Å². The van der Waals surface area contributed by atoms with Gasteiger partial charge in [-0.25, -0.2) is 0 Å². The van der Waals surface area contributed by atoms with Crippen LogP contribution in [0.15, 0.2) is 46.9 Å². The normalized spacial score (nSPS) is 14.4. The van der Waals surface area contributed by atoms with Gasteiger partial charge in [-0.05, 0) is 42.7 Å². The summed E-state index contributed by atoms with van der Waals surface area (Å²) in [4.78, 5) is 17.3. The number of carbonyl (C=O) groups is 1. The number of methoxy groups -OCH3 is 2. The summed E-state index contributed by atoms with van der Waals surface area (Å²) >= 11 is 3.43. The van der Waals surface area contributed by atoms with Crippen molar-refractivity contribution < 1.29 is 14.3 Å². The Labute approximate surface area is 170 Å². The van der Waals surface area contributed by atoms with Crippen LogP contribution in [-0.2, 0) is 10.2 Å². The van der Waals surface area contributed by atoms with Crippen molar-refractivity contribution in [2.45, 2.75) is 18.3 Å². The number of aromatic amines is 1. The summed E-state index contributed by atoms with van der Waals surface area (Å²) in [7, 11) is 3.17. The molecule has 0 bridgehead atoms. The minimum atomic E-state index is -0.501. The number of ether oxygens (including phenoxy) is 2. The summed E-state index contributed by atoms with van der Waals surface area (Å²) in [5.74, 6) is 1.92. The van der Waals surface area contributed by atoms with E-state index in [0.29, 0.717) is 17.3 Å². The van der Waals surface area contributed by atoms with Gasteiger partial charge in [-0.3, -0.25) is 15.2 Å². The van der Waals surface area contributed by atoms with E-state index in [0.717, 1.165) is 28.4 Å². The van der Waals surface area contributed by atoms with Gasteiger partial charge in [-0.2, -0.15) is 4.98 Å². The number of carbonyl (C=O) groups excluding carboxylic acids is 1. The molecule has 28 heavy (non-hydrogen) atoms. The van der Waals surface area contributed by atoms with Crippen molar-refractivity contribution in [1.82, 2.24) is 15.2 Å². The van der Waals surface area contributed by atoms with Crippen molar-refractivity contribution >= 4 is 27.8 Å². The van der Waals surface area contributed by atoms with Crippen molar-refractivity contribution in [3.63, 3.8) is 0 Å². The molecule has 3 aromatic rings. The van der Waals surface area contributed by atoms with Crippen LogP contribution in [0.25, 0.3) is 11.4 Å². The van der Waals surface area contributed by atoms with Crippen molar-refractivity contribution in [3.8, 4) is 22.9 Å².